The van der Waals surface area contributed by atoms with Crippen molar-refractivity contribution in [3.8, 4) is 5.75 Å². The number of amides is 1. The van der Waals surface area contributed by atoms with E-state index in [-0.39, 0.29) is 16.8 Å². The van der Waals surface area contributed by atoms with Gasteiger partial charge in [0.1, 0.15) is 5.75 Å². The summed E-state index contributed by atoms with van der Waals surface area (Å²) in [4.78, 5) is 12.7. The van der Waals surface area contributed by atoms with Crippen molar-refractivity contribution in [2.75, 3.05) is 6.26 Å². The maximum Gasteiger partial charge on any atom is 0.260 e. The van der Waals surface area contributed by atoms with E-state index in [1.165, 1.54) is 37.8 Å². The maximum absolute atomic E-state index is 12.4. The van der Waals surface area contributed by atoms with Crippen LogP contribution in [0.15, 0.2) is 29.2 Å². The molecule has 1 N–H and O–H groups in total. The molecular formula is C19H27NO4S. The second-order valence-electron chi connectivity index (χ2n) is 7.64. The lowest BCUT2D eigenvalue weighted by Gasteiger charge is -2.29. The molecule has 2 saturated carbocycles. The van der Waals surface area contributed by atoms with Gasteiger partial charge in [0.15, 0.2) is 15.9 Å². The van der Waals surface area contributed by atoms with Gasteiger partial charge >= 0.3 is 0 Å². The molecule has 1 aromatic carbocycles. The second-order valence-corrected chi connectivity index (χ2v) is 9.66. The van der Waals surface area contributed by atoms with Gasteiger partial charge in [0, 0.05) is 12.3 Å². The van der Waals surface area contributed by atoms with Gasteiger partial charge in [-0.15, -0.1) is 0 Å². The van der Waals surface area contributed by atoms with Crippen LogP contribution in [0.5, 0.6) is 5.75 Å². The average molecular weight is 365 g/mol. The largest absolute Gasteiger partial charge is 0.481 e. The highest BCUT2D eigenvalue weighted by Gasteiger charge is 2.42. The third-order valence-electron chi connectivity index (χ3n) is 5.74. The first-order valence-corrected chi connectivity index (χ1v) is 10.9. The Morgan fingerprint density at radius 3 is 2.36 bits per heavy atom. The van der Waals surface area contributed by atoms with Crippen LogP contribution in [0.25, 0.3) is 0 Å². The number of rotatable bonds is 6. The van der Waals surface area contributed by atoms with Gasteiger partial charge in [-0.2, -0.15) is 0 Å². The molecule has 25 heavy (non-hydrogen) atoms. The third kappa shape index (κ3) is 4.17. The molecule has 5 unspecified atom stereocenters. The predicted octanol–water partition coefficient (Wildman–Crippen LogP) is 2.80. The fourth-order valence-electron chi connectivity index (χ4n) is 4.38. The number of carbonyl (C=O) groups excluding carboxylic acids is 1. The zero-order valence-electron chi connectivity index (χ0n) is 15.1. The van der Waals surface area contributed by atoms with E-state index in [4.69, 9.17) is 4.74 Å². The molecule has 0 aliphatic heterocycles. The average Bonchev–Trinajstić information content (AvgIpc) is 3.17. The molecule has 2 aliphatic carbocycles. The molecule has 138 valence electrons. The second kappa shape index (κ2) is 6.98. The van der Waals surface area contributed by atoms with Crippen molar-refractivity contribution in [3.63, 3.8) is 0 Å². The van der Waals surface area contributed by atoms with Crippen LogP contribution in [0.2, 0.25) is 0 Å². The van der Waals surface area contributed by atoms with Gasteiger partial charge in [-0.05, 0) is 75.1 Å². The van der Waals surface area contributed by atoms with Crippen molar-refractivity contribution >= 4 is 15.7 Å². The summed E-state index contributed by atoms with van der Waals surface area (Å²) in [6.07, 6.45) is 5.75. The summed E-state index contributed by atoms with van der Waals surface area (Å²) >= 11 is 0. The summed E-state index contributed by atoms with van der Waals surface area (Å²) in [6.45, 7) is 3.81. The Kier molecular flexibility index (Phi) is 5.09. The van der Waals surface area contributed by atoms with Crippen molar-refractivity contribution in [2.24, 2.45) is 17.8 Å². The lowest BCUT2D eigenvalue weighted by Crippen LogP contribution is -2.45. The number of carbonyl (C=O) groups is 1. The predicted molar refractivity (Wildman–Crippen MR) is 96.2 cm³/mol. The van der Waals surface area contributed by atoms with Crippen LogP contribution in [0.4, 0.5) is 0 Å². The van der Waals surface area contributed by atoms with Crippen LogP contribution in [-0.4, -0.2) is 32.7 Å². The molecule has 0 heterocycles. The zero-order chi connectivity index (χ0) is 18.2. The summed E-state index contributed by atoms with van der Waals surface area (Å²) < 4.78 is 28.6. The number of hydrogen-bond acceptors (Lipinski definition) is 4. The fraction of sp³-hybridized carbons (Fsp3) is 0.632. The normalized spacial score (nSPS) is 27.7. The van der Waals surface area contributed by atoms with Gasteiger partial charge in [-0.1, -0.05) is 6.42 Å². The molecular weight excluding hydrogens is 338 g/mol. The lowest BCUT2D eigenvalue weighted by atomic mass is 9.84. The first-order chi connectivity index (χ1) is 11.7. The Morgan fingerprint density at radius 1 is 1.16 bits per heavy atom. The molecule has 6 heteroatoms. The minimum Gasteiger partial charge on any atom is -0.481 e. The first-order valence-electron chi connectivity index (χ1n) is 9.01. The van der Waals surface area contributed by atoms with Crippen LogP contribution < -0.4 is 10.1 Å². The highest BCUT2D eigenvalue weighted by molar-refractivity contribution is 7.90. The van der Waals surface area contributed by atoms with E-state index in [0.717, 1.165) is 18.1 Å². The standard InChI is InChI=1S/C19H27NO4S/c1-12(18-11-14-4-5-15(18)10-14)20-19(21)13(2)24-16-6-8-17(9-7-16)25(3,22)23/h6-9,12-15,18H,4-5,10-11H2,1-3H3,(H,20,21). The van der Waals surface area contributed by atoms with Crippen molar-refractivity contribution in [1.82, 2.24) is 5.32 Å². The van der Waals surface area contributed by atoms with Crippen molar-refractivity contribution in [1.29, 1.82) is 0 Å². The van der Waals surface area contributed by atoms with E-state index in [2.05, 4.69) is 12.2 Å². The summed E-state index contributed by atoms with van der Waals surface area (Å²) in [5, 5.41) is 3.10. The summed E-state index contributed by atoms with van der Waals surface area (Å²) in [5.41, 5.74) is 0. The SMILES string of the molecule is CC(Oc1ccc(S(C)(=O)=O)cc1)C(=O)NC(C)C1CC2CCC1C2. The molecule has 2 bridgehead atoms. The molecule has 1 aromatic rings. The number of sulfone groups is 1. The van der Waals surface area contributed by atoms with Crippen LogP contribution in [0.3, 0.4) is 0 Å². The summed E-state index contributed by atoms with van der Waals surface area (Å²) in [6, 6.07) is 6.32. The molecule has 2 aliphatic rings. The number of ether oxygens (including phenoxy) is 1. The van der Waals surface area contributed by atoms with Crippen LogP contribution in [0, 0.1) is 17.8 Å². The number of hydrogen-bond donors (Lipinski definition) is 1. The van der Waals surface area contributed by atoms with Gasteiger partial charge in [0.05, 0.1) is 4.90 Å². The number of nitrogens with one attached hydrogen (secondary N) is 1. The minimum atomic E-state index is -3.23. The van der Waals surface area contributed by atoms with E-state index in [9.17, 15) is 13.2 Å². The van der Waals surface area contributed by atoms with Crippen molar-refractivity contribution in [2.45, 2.75) is 56.6 Å². The van der Waals surface area contributed by atoms with E-state index in [0.29, 0.717) is 11.7 Å². The monoisotopic (exact) mass is 365 g/mol. The molecule has 0 aromatic heterocycles. The number of fused-ring (bicyclic) bond motifs is 2. The Morgan fingerprint density at radius 2 is 1.84 bits per heavy atom. The molecule has 2 fully saturated rings. The first kappa shape index (κ1) is 18.2. The topological polar surface area (TPSA) is 72.5 Å². The van der Waals surface area contributed by atoms with E-state index < -0.39 is 15.9 Å². The smallest absolute Gasteiger partial charge is 0.260 e. The van der Waals surface area contributed by atoms with E-state index >= 15 is 0 Å². The Balaban J connectivity index is 1.54. The lowest BCUT2D eigenvalue weighted by molar-refractivity contribution is -0.128. The number of benzene rings is 1. The highest BCUT2D eigenvalue weighted by atomic mass is 32.2. The molecule has 5 atom stereocenters. The molecule has 5 nitrogen and oxygen atoms in total. The molecule has 3 rings (SSSR count). The Hall–Kier alpha value is -1.56. The quantitative estimate of drug-likeness (QED) is 0.841. The zero-order valence-corrected chi connectivity index (χ0v) is 15.9. The van der Waals surface area contributed by atoms with Crippen LogP contribution in [-0.2, 0) is 14.6 Å². The van der Waals surface area contributed by atoms with Crippen LogP contribution >= 0.6 is 0 Å². The summed E-state index contributed by atoms with van der Waals surface area (Å²) in [7, 11) is -3.23. The van der Waals surface area contributed by atoms with Gasteiger partial charge in [-0.25, -0.2) is 8.42 Å². The van der Waals surface area contributed by atoms with Crippen LogP contribution in [0.1, 0.15) is 39.5 Å². The van der Waals surface area contributed by atoms with Crippen molar-refractivity contribution < 1.29 is 17.9 Å². The molecule has 1 amide bonds. The fourth-order valence-corrected chi connectivity index (χ4v) is 5.01. The third-order valence-corrected chi connectivity index (χ3v) is 6.87. The van der Waals surface area contributed by atoms with Gasteiger partial charge in [0.2, 0.25) is 0 Å². The molecule has 0 saturated heterocycles. The molecule has 0 radical (unpaired) electrons. The van der Waals surface area contributed by atoms with E-state index in [1.54, 1.807) is 19.1 Å². The van der Waals surface area contributed by atoms with E-state index in [1.807, 2.05) is 0 Å². The van der Waals surface area contributed by atoms with Gasteiger partial charge in [0.25, 0.3) is 5.91 Å². The maximum atomic E-state index is 12.4. The summed E-state index contributed by atoms with van der Waals surface area (Å²) in [5.74, 6) is 2.57. The van der Waals surface area contributed by atoms with Gasteiger partial charge < -0.3 is 10.1 Å². The molecule has 0 spiro atoms. The van der Waals surface area contributed by atoms with Gasteiger partial charge in [-0.3, -0.25) is 4.79 Å². The Labute approximate surface area is 150 Å². The Bertz CT molecular complexity index is 728. The minimum absolute atomic E-state index is 0.123. The highest BCUT2D eigenvalue weighted by Crippen LogP contribution is 2.49. The van der Waals surface area contributed by atoms with Crippen molar-refractivity contribution in [3.05, 3.63) is 24.3 Å².